The van der Waals surface area contributed by atoms with Crippen LogP contribution in [0.2, 0.25) is 0 Å². The van der Waals surface area contributed by atoms with Gasteiger partial charge in [-0.05, 0) is 52.7 Å². The Hall–Kier alpha value is -3.07. The van der Waals surface area contributed by atoms with Crippen molar-refractivity contribution in [2.45, 2.75) is 6.92 Å². The highest BCUT2D eigenvalue weighted by molar-refractivity contribution is 9.10. The maximum atomic E-state index is 12.2. The first-order valence-corrected chi connectivity index (χ1v) is 8.42. The van der Waals surface area contributed by atoms with Gasteiger partial charge in [-0.3, -0.25) is 20.4 Å². The van der Waals surface area contributed by atoms with E-state index < -0.39 is 11.8 Å². The van der Waals surface area contributed by atoms with Crippen LogP contribution in [-0.4, -0.2) is 33.7 Å². The number of H-pyrrole nitrogens is 1. The third-order valence-electron chi connectivity index (χ3n) is 3.58. The van der Waals surface area contributed by atoms with Gasteiger partial charge in [0.25, 0.3) is 11.8 Å². The number of amides is 2. The average Bonchev–Trinajstić information content (AvgIpc) is 3.28. The van der Waals surface area contributed by atoms with Crippen LogP contribution in [0.25, 0.3) is 5.69 Å². The predicted octanol–water partition coefficient (Wildman–Crippen LogP) is 2.35. The first-order chi connectivity index (χ1) is 12.5. The average molecular weight is 418 g/mol. The summed E-state index contributed by atoms with van der Waals surface area (Å²) in [5.74, 6) is -0.366. The van der Waals surface area contributed by atoms with E-state index in [1.165, 1.54) is 0 Å². The van der Waals surface area contributed by atoms with Crippen molar-refractivity contribution in [2.24, 2.45) is 0 Å². The highest BCUT2D eigenvalue weighted by Gasteiger charge is 2.14. The number of hydrogen-bond acceptors (Lipinski definition) is 4. The van der Waals surface area contributed by atoms with Gasteiger partial charge in [0.1, 0.15) is 17.1 Å². The van der Waals surface area contributed by atoms with Crippen molar-refractivity contribution in [3.8, 4) is 11.4 Å². The van der Waals surface area contributed by atoms with E-state index in [1.807, 2.05) is 25.1 Å². The molecule has 2 heterocycles. The molecule has 0 aliphatic rings. The fourth-order valence-electron chi connectivity index (χ4n) is 2.30. The summed E-state index contributed by atoms with van der Waals surface area (Å²) in [4.78, 5) is 26.9. The molecule has 0 unspecified atom stereocenters. The topological polar surface area (TPSA) is 101 Å². The molecular formula is C17H16BrN5O3. The molecule has 134 valence electrons. The second-order valence-electron chi connectivity index (χ2n) is 5.46. The lowest BCUT2D eigenvalue weighted by atomic mass is 10.2. The molecule has 0 spiro atoms. The van der Waals surface area contributed by atoms with Crippen molar-refractivity contribution < 1.29 is 14.3 Å². The molecular weight excluding hydrogens is 402 g/mol. The largest absolute Gasteiger partial charge is 0.494 e. The number of aromatic amines is 1. The fourth-order valence-corrected chi connectivity index (χ4v) is 2.65. The van der Waals surface area contributed by atoms with Crippen molar-refractivity contribution in [3.05, 3.63) is 64.1 Å². The number of nitrogens with one attached hydrogen (secondary N) is 3. The standard InChI is InChI=1S/C17H16BrN5O3/c1-10-3-4-15(26-2)14(7-10)23-6-5-12(22-23)16(24)20-21-17(25)13-8-11(18)9-19-13/h3-9,19H,1-2H3,(H,20,24)(H,21,25). The molecule has 0 radical (unpaired) electrons. The lowest BCUT2D eigenvalue weighted by Gasteiger charge is -2.09. The molecule has 0 aliphatic carbocycles. The molecule has 0 atom stereocenters. The van der Waals surface area contributed by atoms with E-state index in [0.717, 1.165) is 10.0 Å². The van der Waals surface area contributed by atoms with Gasteiger partial charge in [0.05, 0.1) is 7.11 Å². The Morgan fingerprint density at radius 1 is 1.19 bits per heavy atom. The van der Waals surface area contributed by atoms with Gasteiger partial charge in [0.2, 0.25) is 0 Å². The highest BCUT2D eigenvalue weighted by Crippen LogP contribution is 2.23. The normalized spacial score (nSPS) is 10.4. The summed E-state index contributed by atoms with van der Waals surface area (Å²) in [6.45, 7) is 1.95. The van der Waals surface area contributed by atoms with Gasteiger partial charge in [-0.15, -0.1) is 0 Å². The molecule has 0 saturated heterocycles. The number of halogens is 1. The van der Waals surface area contributed by atoms with E-state index >= 15 is 0 Å². The van der Waals surface area contributed by atoms with Gasteiger partial charge in [0.15, 0.2) is 5.69 Å². The second-order valence-corrected chi connectivity index (χ2v) is 6.38. The van der Waals surface area contributed by atoms with Crippen molar-refractivity contribution in [1.29, 1.82) is 0 Å². The van der Waals surface area contributed by atoms with Crippen LogP contribution >= 0.6 is 15.9 Å². The summed E-state index contributed by atoms with van der Waals surface area (Å²) in [5.41, 5.74) is 6.87. The van der Waals surface area contributed by atoms with E-state index in [0.29, 0.717) is 17.1 Å². The van der Waals surface area contributed by atoms with Crippen LogP contribution in [0.3, 0.4) is 0 Å². The van der Waals surface area contributed by atoms with Crippen LogP contribution in [0.5, 0.6) is 5.75 Å². The summed E-state index contributed by atoms with van der Waals surface area (Å²) in [7, 11) is 1.57. The third-order valence-corrected chi connectivity index (χ3v) is 4.04. The molecule has 9 heteroatoms. The van der Waals surface area contributed by atoms with Crippen LogP contribution in [0.4, 0.5) is 0 Å². The lowest BCUT2D eigenvalue weighted by Crippen LogP contribution is -2.42. The Balaban J connectivity index is 1.70. The van der Waals surface area contributed by atoms with Crippen LogP contribution in [-0.2, 0) is 0 Å². The van der Waals surface area contributed by atoms with E-state index in [2.05, 4.69) is 36.9 Å². The minimum atomic E-state index is -0.533. The van der Waals surface area contributed by atoms with Gasteiger partial charge in [-0.25, -0.2) is 4.68 Å². The lowest BCUT2D eigenvalue weighted by molar-refractivity contribution is 0.0841. The van der Waals surface area contributed by atoms with Gasteiger partial charge in [-0.2, -0.15) is 5.10 Å². The number of ether oxygens (including phenoxy) is 1. The smallest absolute Gasteiger partial charge is 0.290 e. The number of carbonyl (C=O) groups is 2. The Morgan fingerprint density at radius 3 is 2.65 bits per heavy atom. The first-order valence-electron chi connectivity index (χ1n) is 7.63. The van der Waals surface area contributed by atoms with E-state index in [-0.39, 0.29) is 5.69 Å². The molecule has 2 amide bonds. The van der Waals surface area contributed by atoms with Gasteiger partial charge >= 0.3 is 0 Å². The number of methoxy groups -OCH3 is 1. The van der Waals surface area contributed by atoms with Crippen LogP contribution in [0.1, 0.15) is 26.5 Å². The minimum absolute atomic E-state index is 0.154. The van der Waals surface area contributed by atoms with Crippen molar-refractivity contribution in [1.82, 2.24) is 25.6 Å². The Morgan fingerprint density at radius 2 is 1.96 bits per heavy atom. The maximum absolute atomic E-state index is 12.2. The zero-order valence-electron chi connectivity index (χ0n) is 14.0. The monoisotopic (exact) mass is 417 g/mol. The molecule has 3 aromatic rings. The zero-order chi connectivity index (χ0) is 18.7. The van der Waals surface area contributed by atoms with Gasteiger partial charge in [0, 0.05) is 16.9 Å². The second kappa shape index (κ2) is 7.44. The Kier molecular flexibility index (Phi) is 5.08. The van der Waals surface area contributed by atoms with Gasteiger partial charge in [-0.1, -0.05) is 6.07 Å². The molecule has 2 aromatic heterocycles. The van der Waals surface area contributed by atoms with Crippen LogP contribution in [0, 0.1) is 6.92 Å². The number of aryl methyl sites for hydroxylation is 1. The number of rotatable bonds is 4. The molecule has 0 bridgehead atoms. The molecule has 8 nitrogen and oxygen atoms in total. The van der Waals surface area contributed by atoms with E-state index in [4.69, 9.17) is 4.74 Å². The summed E-state index contributed by atoms with van der Waals surface area (Å²) in [6.07, 6.45) is 3.27. The number of hydrazine groups is 1. The number of nitrogens with zero attached hydrogens (tertiary/aromatic N) is 2. The van der Waals surface area contributed by atoms with Gasteiger partial charge < -0.3 is 9.72 Å². The van der Waals surface area contributed by atoms with Crippen molar-refractivity contribution in [2.75, 3.05) is 7.11 Å². The minimum Gasteiger partial charge on any atom is -0.494 e. The highest BCUT2D eigenvalue weighted by atomic mass is 79.9. The third kappa shape index (κ3) is 3.77. The first kappa shape index (κ1) is 17.7. The number of benzene rings is 1. The summed E-state index contributed by atoms with van der Waals surface area (Å²) in [6, 6.07) is 8.81. The fraction of sp³-hybridized carbons (Fsp3) is 0.118. The number of carbonyl (C=O) groups excluding carboxylic acids is 2. The zero-order valence-corrected chi connectivity index (χ0v) is 15.6. The summed E-state index contributed by atoms with van der Waals surface area (Å²) < 4.78 is 7.61. The van der Waals surface area contributed by atoms with Crippen molar-refractivity contribution in [3.63, 3.8) is 0 Å². The summed E-state index contributed by atoms with van der Waals surface area (Å²) >= 11 is 3.24. The SMILES string of the molecule is COc1ccc(C)cc1-n1ccc(C(=O)NNC(=O)c2cc(Br)c[nH]2)n1. The van der Waals surface area contributed by atoms with Crippen LogP contribution in [0.15, 0.2) is 47.2 Å². The Bertz CT molecular complexity index is 963. The number of hydrogen-bond donors (Lipinski definition) is 3. The maximum Gasteiger partial charge on any atom is 0.290 e. The molecule has 0 aliphatic heterocycles. The van der Waals surface area contributed by atoms with E-state index in [1.54, 1.807) is 36.3 Å². The van der Waals surface area contributed by atoms with Crippen molar-refractivity contribution >= 4 is 27.7 Å². The Labute approximate surface area is 157 Å². The molecule has 0 saturated carbocycles. The molecule has 1 aromatic carbocycles. The molecule has 3 N–H and O–H groups in total. The van der Waals surface area contributed by atoms with E-state index in [9.17, 15) is 9.59 Å². The molecule has 26 heavy (non-hydrogen) atoms. The predicted molar refractivity (Wildman–Crippen MR) is 98.3 cm³/mol. The molecule has 3 rings (SSSR count). The quantitative estimate of drug-likeness (QED) is 0.567. The van der Waals surface area contributed by atoms with Crippen LogP contribution < -0.4 is 15.6 Å². The molecule has 0 fully saturated rings. The number of aromatic nitrogens is 3. The summed E-state index contributed by atoms with van der Waals surface area (Å²) in [5, 5.41) is 4.24.